The van der Waals surface area contributed by atoms with Crippen molar-refractivity contribution in [1.82, 2.24) is 0 Å². The van der Waals surface area contributed by atoms with E-state index < -0.39 is 11.6 Å². The molecule has 0 amide bonds. The number of carbonyl (C=O) groups is 2. The molecule has 1 aliphatic rings. The fourth-order valence-electron chi connectivity index (χ4n) is 2.76. The summed E-state index contributed by atoms with van der Waals surface area (Å²) in [6.07, 6.45) is 0. The van der Waals surface area contributed by atoms with E-state index in [1.807, 2.05) is 0 Å². The average molecular weight is 314 g/mol. The Morgan fingerprint density at radius 1 is 0.913 bits per heavy atom. The molecule has 7 heteroatoms. The normalized spacial score (nSPS) is 12.7. The summed E-state index contributed by atoms with van der Waals surface area (Å²) >= 11 is 0. The van der Waals surface area contributed by atoms with Crippen LogP contribution in [-0.4, -0.2) is 34.9 Å². The van der Waals surface area contributed by atoms with Crippen LogP contribution in [0.1, 0.15) is 31.8 Å². The topological polar surface area (TPSA) is 140 Å². The quantitative estimate of drug-likeness (QED) is 0.343. The molecule has 2 aromatic carbocycles. The Bertz CT molecular complexity index is 846. The standard InChI is InChI=1S/C16H15N3O4/c17-5-6-19-8-2-4-10(21)14-12(8)16(23)13-9(20)3-1-7(18)11(13)15(14)22/h1-4,19-21H,5-6,17-18H2/p+1. The van der Waals surface area contributed by atoms with Gasteiger partial charge in [-0.2, -0.15) is 0 Å². The van der Waals surface area contributed by atoms with Gasteiger partial charge in [-0.3, -0.25) is 9.59 Å². The molecule has 0 fully saturated rings. The second kappa shape index (κ2) is 5.29. The number of rotatable bonds is 3. The summed E-state index contributed by atoms with van der Waals surface area (Å²) in [4.78, 5) is 25.6. The SMILES string of the molecule is Nc1ccc(O)c2c1C(=O)c1c(O)ccc(NCC[NH3+])c1C2=O. The summed E-state index contributed by atoms with van der Waals surface area (Å²) in [6.45, 7) is 1.07. The molecule has 0 bridgehead atoms. The van der Waals surface area contributed by atoms with Crippen LogP contribution in [0.4, 0.5) is 11.4 Å². The molecular weight excluding hydrogens is 298 g/mol. The van der Waals surface area contributed by atoms with Crippen LogP contribution in [0, 0.1) is 0 Å². The summed E-state index contributed by atoms with van der Waals surface area (Å²) in [5.74, 6) is -1.75. The van der Waals surface area contributed by atoms with Crippen LogP contribution in [0.2, 0.25) is 0 Å². The number of ketones is 2. The maximum Gasteiger partial charge on any atom is 0.200 e. The zero-order valence-electron chi connectivity index (χ0n) is 12.2. The minimum atomic E-state index is -0.584. The summed E-state index contributed by atoms with van der Waals surface area (Å²) in [5.41, 5.74) is 9.72. The van der Waals surface area contributed by atoms with E-state index in [0.29, 0.717) is 18.8 Å². The molecule has 3 rings (SSSR count). The van der Waals surface area contributed by atoms with Gasteiger partial charge in [0, 0.05) is 11.4 Å². The van der Waals surface area contributed by atoms with Crippen LogP contribution < -0.4 is 16.8 Å². The van der Waals surface area contributed by atoms with Gasteiger partial charge in [0.25, 0.3) is 0 Å². The van der Waals surface area contributed by atoms with Crippen LogP contribution in [-0.2, 0) is 0 Å². The largest absolute Gasteiger partial charge is 0.507 e. The van der Waals surface area contributed by atoms with Crippen LogP contribution in [0.25, 0.3) is 0 Å². The molecule has 0 aliphatic heterocycles. The van der Waals surface area contributed by atoms with E-state index in [2.05, 4.69) is 11.1 Å². The first-order chi connectivity index (χ1) is 11.0. The van der Waals surface area contributed by atoms with Gasteiger partial charge in [-0.1, -0.05) is 0 Å². The van der Waals surface area contributed by atoms with Crippen molar-refractivity contribution in [3.8, 4) is 11.5 Å². The minimum absolute atomic E-state index is 0.0388. The number of anilines is 2. The van der Waals surface area contributed by atoms with E-state index in [9.17, 15) is 19.8 Å². The number of nitrogens with two attached hydrogens (primary N) is 1. The van der Waals surface area contributed by atoms with Crippen molar-refractivity contribution in [2.75, 3.05) is 24.1 Å². The highest BCUT2D eigenvalue weighted by Gasteiger charge is 2.37. The van der Waals surface area contributed by atoms with Crippen molar-refractivity contribution in [3.05, 3.63) is 46.5 Å². The third-order valence-corrected chi connectivity index (χ3v) is 3.80. The highest BCUT2D eigenvalue weighted by atomic mass is 16.3. The lowest BCUT2D eigenvalue weighted by molar-refractivity contribution is -0.362. The van der Waals surface area contributed by atoms with E-state index in [1.54, 1.807) is 0 Å². The monoisotopic (exact) mass is 314 g/mol. The van der Waals surface area contributed by atoms with E-state index in [0.717, 1.165) is 0 Å². The molecule has 0 saturated heterocycles. The molecule has 0 saturated carbocycles. The molecule has 0 spiro atoms. The van der Waals surface area contributed by atoms with E-state index >= 15 is 0 Å². The minimum Gasteiger partial charge on any atom is -0.507 e. The van der Waals surface area contributed by atoms with Crippen molar-refractivity contribution in [2.24, 2.45) is 0 Å². The van der Waals surface area contributed by atoms with Gasteiger partial charge in [-0.15, -0.1) is 0 Å². The molecule has 23 heavy (non-hydrogen) atoms. The smallest absolute Gasteiger partial charge is 0.200 e. The molecule has 1 aliphatic carbocycles. The highest BCUT2D eigenvalue weighted by molar-refractivity contribution is 6.33. The number of aromatic hydroxyl groups is 2. The lowest BCUT2D eigenvalue weighted by Gasteiger charge is -2.23. The van der Waals surface area contributed by atoms with Crippen molar-refractivity contribution in [2.45, 2.75) is 0 Å². The van der Waals surface area contributed by atoms with E-state index in [1.165, 1.54) is 24.3 Å². The van der Waals surface area contributed by atoms with Gasteiger partial charge in [0.15, 0.2) is 0 Å². The number of hydrogen-bond acceptors (Lipinski definition) is 6. The van der Waals surface area contributed by atoms with Gasteiger partial charge in [0.1, 0.15) is 11.5 Å². The number of quaternary nitrogens is 1. The molecule has 118 valence electrons. The second-order valence-electron chi connectivity index (χ2n) is 5.24. The molecule has 8 N–H and O–H groups in total. The number of fused-ring (bicyclic) bond motifs is 2. The van der Waals surface area contributed by atoms with Crippen molar-refractivity contribution in [1.29, 1.82) is 0 Å². The summed E-state index contributed by atoms with van der Waals surface area (Å²) in [5, 5.41) is 23.1. The molecule has 0 atom stereocenters. The number of benzene rings is 2. The van der Waals surface area contributed by atoms with Gasteiger partial charge in [-0.25, -0.2) is 0 Å². The van der Waals surface area contributed by atoms with Crippen LogP contribution in [0.15, 0.2) is 24.3 Å². The maximum absolute atomic E-state index is 12.8. The first-order valence-corrected chi connectivity index (χ1v) is 7.07. The van der Waals surface area contributed by atoms with Gasteiger partial charge >= 0.3 is 0 Å². The molecule has 7 nitrogen and oxygen atoms in total. The molecule has 0 heterocycles. The fraction of sp³-hybridized carbons (Fsp3) is 0.125. The number of hydrogen-bond donors (Lipinski definition) is 5. The van der Waals surface area contributed by atoms with Crippen LogP contribution in [0.3, 0.4) is 0 Å². The third-order valence-electron chi connectivity index (χ3n) is 3.80. The number of phenolic OH excluding ortho intramolecular Hbond substituents is 2. The van der Waals surface area contributed by atoms with Crippen molar-refractivity contribution >= 4 is 22.9 Å². The Hall–Kier alpha value is -3.06. The average Bonchev–Trinajstić information content (AvgIpc) is 2.53. The third kappa shape index (κ3) is 2.09. The molecule has 2 aromatic rings. The van der Waals surface area contributed by atoms with Gasteiger partial charge in [-0.05, 0) is 24.3 Å². The zero-order chi connectivity index (χ0) is 16.7. The highest BCUT2D eigenvalue weighted by Crippen LogP contribution is 2.41. The Labute approximate surface area is 131 Å². The van der Waals surface area contributed by atoms with Crippen LogP contribution in [0.5, 0.6) is 11.5 Å². The summed E-state index contributed by atoms with van der Waals surface area (Å²) < 4.78 is 0. The Morgan fingerprint density at radius 2 is 1.48 bits per heavy atom. The van der Waals surface area contributed by atoms with E-state index in [4.69, 9.17) is 5.73 Å². The van der Waals surface area contributed by atoms with Gasteiger partial charge < -0.3 is 27.0 Å². The van der Waals surface area contributed by atoms with Gasteiger partial charge in [0.05, 0.1) is 35.3 Å². The van der Waals surface area contributed by atoms with Crippen molar-refractivity contribution < 1.29 is 25.5 Å². The van der Waals surface area contributed by atoms with Gasteiger partial charge in [0.2, 0.25) is 11.6 Å². The maximum atomic E-state index is 12.8. The molecule has 0 radical (unpaired) electrons. The lowest BCUT2D eigenvalue weighted by Crippen LogP contribution is -2.53. The number of nitrogen functional groups attached to an aromatic ring is 1. The second-order valence-corrected chi connectivity index (χ2v) is 5.24. The molecule has 0 aromatic heterocycles. The Balaban J connectivity index is 2.31. The predicted molar refractivity (Wildman–Crippen MR) is 83.7 cm³/mol. The lowest BCUT2D eigenvalue weighted by atomic mass is 9.81. The Kier molecular flexibility index (Phi) is 3.42. The first kappa shape index (κ1) is 14.9. The number of carbonyl (C=O) groups excluding carboxylic acids is 2. The van der Waals surface area contributed by atoms with Crippen molar-refractivity contribution in [3.63, 3.8) is 0 Å². The number of nitrogens with one attached hydrogen (secondary N) is 1. The summed E-state index contributed by atoms with van der Waals surface area (Å²) in [7, 11) is 0. The zero-order valence-corrected chi connectivity index (χ0v) is 12.2. The summed E-state index contributed by atoms with van der Waals surface area (Å²) in [6, 6.07) is 5.49. The Morgan fingerprint density at radius 3 is 2.13 bits per heavy atom. The fourth-order valence-corrected chi connectivity index (χ4v) is 2.76. The number of phenols is 2. The predicted octanol–water partition coefficient (Wildman–Crippen LogP) is 0.109. The molecule has 0 unspecified atom stereocenters. The first-order valence-electron chi connectivity index (χ1n) is 7.07. The van der Waals surface area contributed by atoms with Crippen LogP contribution >= 0.6 is 0 Å². The van der Waals surface area contributed by atoms with E-state index in [-0.39, 0.29) is 39.4 Å². The molecular formula is C16H16N3O4+.